The smallest absolute Gasteiger partial charge is 0.244 e. The number of halogens is 2. The Hall–Kier alpha value is -3.01. The van der Waals surface area contributed by atoms with Crippen LogP contribution in [0.3, 0.4) is 0 Å². The van der Waals surface area contributed by atoms with Gasteiger partial charge in [0.15, 0.2) is 0 Å². The first kappa shape index (κ1) is 23.3. The molecule has 0 bridgehead atoms. The molecule has 1 atom stereocenters. The Labute approximate surface area is 174 Å². The van der Waals surface area contributed by atoms with Gasteiger partial charge in [-0.1, -0.05) is 24.3 Å². The Morgan fingerprint density at radius 3 is 2.20 bits per heavy atom. The Balaban J connectivity index is 2.38. The van der Waals surface area contributed by atoms with Crippen LogP contribution in [0, 0.1) is 11.6 Å². The molecule has 0 radical (unpaired) electrons. The summed E-state index contributed by atoms with van der Waals surface area (Å²) in [6, 6.07) is 9.57. The Morgan fingerprint density at radius 2 is 1.67 bits per heavy atom. The van der Waals surface area contributed by atoms with E-state index in [1.807, 2.05) is 0 Å². The number of likely N-dealkylation sites (N-methyl/N-ethyl adjacent to an activating group) is 1. The number of nitrogens with one attached hydrogen (secondary N) is 1. The zero-order chi connectivity index (χ0) is 22.5. The molecule has 7 nitrogen and oxygen atoms in total. The fourth-order valence-corrected chi connectivity index (χ4v) is 3.68. The first-order chi connectivity index (χ1) is 14.0. The largest absolute Gasteiger partial charge is 0.357 e. The predicted molar refractivity (Wildman–Crippen MR) is 109 cm³/mol. The number of para-hydroxylation sites is 1. The molecule has 1 N–H and O–H groups in total. The maximum atomic E-state index is 14.2. The van der Waals surface area contributed by atoms with Crippen molar-refractivity contribution < 1.29 is 26.8 Å². The number of amides is 2. The normalized spacial score (nSPS) is 12.2. The van der Waals surface area contributed by atoms with Crippen LogP contribution in [0.4, 0.5) is 14.5 Å². The molecule has 162 valence electrons. The van der Waals surface area contributed by atoms with Gasteiger partial charge >= 0.3 is 0 Å². The van der Waals surface area contributed by atoms with E-state index in [0.29, 0.717) is 9.87 Å². The van der Waals surface area contributed by atoms with E-state index in [1.54, 1.807) is 0 Å². The SMILES string of the molecule is CNC(=O)C(C)N(Cc1ccc(F)cc1)C(=O)CN(c1ccccc1F)S(C)(=O)=O. The van der Waals surface area contributed by atoms with Gasteiger partial charge < -0.3 is 10.2 Å². The fourth-order valence-electron chi connectivity index (χ4n) is 2.83. The van der Waals surface area contributed by atoms with E-state index in [-0.39, 0.29) is 12.2 Å². The molecule has 0 spiro atoms. The number of rotatable bonds is 8. The van der Waals surface area contributed by atoms with Gasteiger partial charge in [0, 0.05) is 13.6 Å². The molecule has 30 heavy (non-hydrogen) atoms. The third-order valence-electron chi connectivity index (χ3n) is 4.48. The van der Waals surface area contributed by atoms with E-state index in [9.17, 15) is 26.8 Å². The minimum absolute atomic E-state index is 0.0669. The van der Waals surface area contributed by atoms with E-state index in [1.165, 1.54) is 56.4 Å². The molecule has 2 aromatic carbocycles. The number of benzene rings is 2. The predicted octanol–water partition coefficient (Wildman–Crippen LogP) is 1.89. The van der Waals surface area contributed by atoms with Gasteiger partial charge in [-0.3, -0.25) is 13.9 Å². The number of sulfonamides is 1. The standard InChI is InChI=1S/C20H23F2N3O4S/c1-14(20(27)23-2)24(12-15-8-10-16(21)11-9-15)19(26)13-25(30(3,28)29)18-7-5-4-6-17(18)22/h4-11,14H,12-13H2,1-3H3,(H,23,27). The molecule has 2 aromatic rings. The van der Waals surface area contributed by atoms with Crippen molar-refractivity contribution in [3.8, 4) is 0 Å². The van der Waals surface area contributed by atoms with Crippen LogP contribution in [0.2, 0.25) is 0 Å². The van der Waals surface area contributed by atoms with Crippen LogP contribution >= 0.6 is 0 Å². The summed E-state index contributed by atoms with van der Waals surface area (Å²) in [7, 11) is -2.60. The van der Waals surface area contributed by atoms with Crippen LogP contribution in [0.25, 0.3) is 0 Å². The highest BCUT2D eigenvalue weighted by Crippen LogP contribution is 2.22. The highest BCUT2D eigenvalue weighted by atomic mass is 32.2. The van der Waals surface area contributed by atoms with Crippen molar-refractivity contribution in [2.24, 2.45) is 0 Å². The number of hydrogen-bond donors (Lipinski definition) is 1. The first-order valence-corrected chi connectivity index (χ1v) is 10.9. The topological polar surface area (TPSA) is 86.8 Å². The summed E-state index contributed by atoms with van der Waals surface area (Å²) in [5, 5.41) is 2.43. The maximum absolute atomic E-state index is 14.2. The lowest BCUT2D eigenvalue weighted by atomic mass is 10.1. The molecule has 0 aliphatic carbocycles. The molecule has 10 heteroatoms. The molecule has 1 unspecified atom stereocenters. The monoisotopic (exact) mass is 439 g/mol. The molecular formula is C20H23F2N3O4S. The number of anilines is 1. The van der Waals surface area contributed by atoms with Crippen molar-refractivity contribution in [2.45, 2.75) is 19.5 Å². The van der Waals surface area contributed by atoms with Gasteiger partial charge in [0.2, 0.25) is 21.8 Å². The van der Waals surface area contributed by atoms with Gasteiger partial charge in [-0.05, 0) is 36.8 Å². The maximum Gasteiger partial charge on any atom is 0.244 e. The van der Waals surface area contributed by atoms with E-state index in [0.717, 1.165) is 17.2 Å². The van der Waals surface area contributed by atoms with Gasteiger partial charge in [0.1, 0.15) is 24.2 Å². The number of carbonyl (C=O) groups excluding carboxylic acids is 2. The van der Waals surface area contributed by atoms with Crippen LogP contribution < -0.4 is 9.62 Å². The Morgan fingerprint density at radius 1 is 1.07 bits per heavy atom. The van der Waals surface area contributed by atoms with Gasteiger partial charge in [-0.25, -0.2) is 17.2 Å². The molecule has 0 aliphatic heterocycles. The van der Waals surface area contributed by atoms with Crippen molar-refractivity contribution in [3.63, 3.8) is 0 Å². The minimum atomic E-state index is -4.00. The summed E-state index contributed by atoms with van der Waals surface area (Å²) < 4.78 is 52.6. The molecule has 0 saturated heterocycles. The number of hydrogen-bond acceptors (Lipinski definition) is 4. The van der Waals surface area contributed by atoms with Crippen molar-refractivity contribution >= 4 is 27.5 Å². The second-order valence-corrected chi connectivity index (χ2v) is 8.57. The molecule has 0 saturated carbocycles. The average molecular weight is 439 g/mol. The van der Waals surface area contributed by atoms with Crippen LogP contribution in [0.5, 0.6) is 0 Å². The van der Waals surface area contributed by atoms with Gasteiger partial charge in [0.05, 0.1) is 11.9 Å². The van der Waals surface area contributed by atoms with E-state index < -0.39 is 46.1 Å². The highest BCUT2D eigenvalue weighted by Gasteiger charge is 2.30. The van der Waals surface area contributed by atoms with Gasteiger partial charge in [-0.2, -0.15) is 0 Å². The number of carbonyl (C=O) groups is 2. The lowest BCUT2D eigenvalue weighted by molar-refractivity contribution is -0.139. The van der Waals surface area contributed by atoms with Crippen molar-refractivity contribution in [3.05, 3.63) is 65.7 Å². The van der Waals surface area contributed by atoms with E-state index in [2.05, 4.69) is 5.32 Å². The second kappa shape index (κ2) is 9.66. The first-order valence-electron chi connectivity index (χ1n) is 9.02. The molecule has 0 aliphatic rings. The van der Waals surface area contributed by atoms with Crippen LogP contribution in [-0.4, -0.2) is 51.0 Å². The van der Waals surface area contributed by atoms with Crippen molar-refractivity contribution in [1.82, 2.24) is 10.2 Å². The molecular weight excluding hydrogens is 416 g/mol. The summed E-state index contributed by atoms with van der Waals surface area (Å²) in [4.78, 5) is 26.4. The van der Waals surface area contributed by atoms with Crippen molar-refractivity contribution in [1.29, 1.82) is 0 Å². The second-order valence-electron chi connectivity index (χ2n) is 6.66. The zero-order valence-electron chi connectivity index (χ0n) is 16.8. The van der Waals surface area contributed by atoms with E-state index >= 15 is 0 Å². The third kappa shape index (κ3) is 5.76. The quantitative estimate of drug-likeness (QED) is 0.681. The molecule has 2 rings (SSSR count). The summed E-state index contributed by atoms with van der Waals surface area (Å²) in [5.41, 5.74) is 0.264. The summed E-state index contributed by atoms with van der Waals surface area (Å²) in [6.45, 7) is 0.707. The van der Waals surface area contributed by atoms with E-state index in [4.69, 9.17) is 0 Å². The van der Waals surface area contributed by atoms with Crippen LogP contribution in [-0.2, 0) is 26.2 Å². The Bertz CT molecular complexity index is 1010. The molecule has 0 aromatic heterocycles. The third-order valence-corrected chi connectivity index (χ3v) is 5.61. The fraction of sp³-hybridized carbons (Fsp3) is 0.300. The van der Waals surface area contributed by atoms with Crippen molar-refractivity contribution in [2.75, 3.05) is 24.2 Å². The minimum Gasteiger partial charge on any atom is -0.357 e. The lowest BCUT2D eigenvalue weighted by Crippen LogP contribution is -2.50. The summed E-state index contributed by atoms with van der Waals surface area (Å²) in [5.74, 6) is -2.45. The molecule has 2 amide bonds. The lowest BCUT2D eigenvalue weighted by Gasteiger charge is -2.31. The molecule has 0 heterocycles. The Kier molecular flexibility index (Phi) is 7.49. The summed E-state index contributed by atoms with van der Waals surface area (Å²) in [6.07, 6.45) is 0.860. The average Bonchev–Trinajstić information content (AvgIpc) is 2.70. The van der Waals surface area contributed by atoms with Crippen LogP contribution in [0.15, 0.2) is 48.5 Å². The zero-order valence-corrected chi connectivity index (χ0v) is 17.6. The van der Waals surface area contributed by atoms with Gasteiger partial charge in [-0.15, -0.1) is 0 Å². The highest BCUT2D eigenvalue weighted by molar-refractivity contribution is 7.92. The number of nitrogens with zero attached hydrogens (tertiary/aromatic N) is 2. The van der Waals surface area contributed by atoms with Gasteiger partial charge in [0.25, 0.3) is 0 Å². The summed E-state index contributed by atoms with van der Waals surface area (Å²) >= 11 is 0. The van der Waals surface area contributed by atoms with Crippen LogP contribution in [0.1, 0.15) is 12.5 Å². The molecule has 0 fully saturated rings.